The Hall–Kier alpha value is -2.08. The van der Waals surface area contributed by atoms with Crippen LogP contribution in [0, 0.1) is 0 Å². The molecule has 0 spiro atoms. The van der Waals surface area contributed by atoms with Gasteiger partial charge >= 0.3 is 25.1 Å². The molecule has 0 fully saturated rings. The maximum atomic E-state index is 13.7. The number of nitrogens with one attached hydrogen (secondary N) is 1. The summed E-state index contributed by atoms with van der Waals surface area (Å²) in [5.41, 5.74) is -3.35. The van der Waals surface area contributed by atoms with E-state index in [1.807, 2.05) is 5.32 Å². The molecule has 132 valence electrons. The van der Waals surface area contributed by atoms with Crippen molar-refractivity contribution in [3.05, 3.63) is 36.4 Å². The minimum absolute atomic E-state index is 0.0634. The van der Waals surface area contributed by atoms with E-state index >= 15 is 0 Å². The molecule has 0 saturated carbocycles. The second-order valence-corrected chi connectivity index (χ2v) is 4.56. The highest BCUT2D eigenvalue weighted by atomic mass is 19.4. The van der Waals surface area contributed by atoms with Crippen LogP contribution in [0.1, 0.15) is 5.56 Å². The van der Waals surface area contributed by atoms with E-state index in [-0.39, 0.29) is 12.1 Å². The largest absolute Gasteiger partial charge is 0.488 e. The molecule has 3 N–H and O–H groups in total. The molecule has 0 aliphatic heterocycles. The fourth-order valence-electron chi connectivity index (χ4n) is 1.61. The molecule has 0 atom stereocenters. The van der Waals surface area contributed by atoms with Gasteiger partial charge in [0.15, 0.2) is 0 Å². The number of amides is 1. The zero-order valence-corrected chi connectivity index (χ0v) is 11.5. The van der Waals surface area contributed by atoms with Crippen LogP contribution < -0.4 is 10.8 Å². The number of halogens is 7. The summed E-state index contributed by atoms with van der Waals surface area (Å²) in [5.74, 6) is -13.2. The third-order valence-electron chi connectivity index (χ3n) is 2.82. The van der Waals surface area contributed by atoms with Crippen molar-refractivity contribution in [2.75, 3.05) is 5.32 Å². The summed E-state index contributed by atoms with van der Waals surface area (Å²) in [5, 5.41) is 19.8. The smallest absolute Gasteiger partial charge is 0.423 e. The molecule has 12 heteroatoms. The molecule has 1 aromatic rings. The minimum Gasteiger partial charge on any atom is -0.423 e. The van der Waals surface area contributed by atoms with Crippen molar-refractivity contribution in [3.63, 3.8) is 0 Å². The standard InChI is InChI=1S/C12H9BF7NO3/c1-2-9(22)21-8-4-6(3-7(5-8)13(23)24)10(14,15)11(16,17)12(18,19)20/h2-5,23-24H,1H2,(H,21,22). The highest BCUT2D eigenvalue weighted by Gasteiger charge is 2.73. The number of anilines is 1. The Labute approximate surface area is 130 Å². The Morgan fingerprint density at radius 2 is 1.62 bits per heavy atom. The van der Waals surface area contributed by atoms with E-state index in [0.29, 0.717) is 12.1 Å². The highest BCUT2D eigenvalue weighted by molar-refractivity contribution is 6.58. The first-order valence-corrected chi connectivity index (χ1v) is 6.01. The highest BCUT2D eigenvalue weighted by Crippen LogP contribution is 2.51. The van der Waals surface area contributed by atoms with Crippen LogP contribution >= 0.6 is 0 Å². The topological polar surface area (TPSA) is 69.6 Å². The van der Waals surface area contributed by atoms with E-state index in [1.54, 1.807) is 0 Å². The van der Waals surface area contributed by atoms with Gasteiger partial charge in [-0.25, -0.2) is 0 Å². The van der Waals surface area contributed by atoms with Crippen molar-refractivity contribution in [1.82, 2.24) is 0 Å². The minimum atomic E-state index is -6.56. The summed E-state index contributed by atoms with van der Waals surface area (Å²) >= 11 is 0. The van der Waals surface area contributed by atoms with Crippen molar-refractivity contribution >= 4 is 24.2 Å². The number of rotatable bonds is 5. The average Bonchev–Trinajstić information content (AvgIpc) is 2.45. The zero-order valence-electron chi connectivity index (χ0n) is 11.5. The summed E-state index contributed by atoms with van der Waals surface area (Å²) in [7, 11) is -2.46. The summed E-state index contributed by atoms with van der Waals surface area (Å²) in [4.78, 5) is 11.1. The van der Waals surface area contributed by atoms with Gasteiger partial charge in [0.2, 0.25) is 5.91 Å². The maximum Gasteiger partial charge on any atom is 0.488 e. The van der Waals surface area contributed by atoms with Gasteiger partial charge in [-0.2, -0.15) is 30.7 Å². The lowest BCUT2D eigenvalue weighted by molar-refractivity contribution is -0.359. The molecule has 1 amide bonds. The van der Waals surface area contributed by atoms with E-state index in [2.05, 4.69) is 6.58 Å². The maximum absolute atomic E-state index is 13.7. The Bertz CT molecular complexity index is 646. The predicted molar refractivity (Wildman–Crippen MR) is 70.0 cm³/mol. The van der Waals surface area contributed by atoms with Crippen LogP contribution in [0.3, 0.4) is 0 Å². The Balaban J connectivity index is 3.51. The van der Waals surface area contributed by atoms with E-state index in [0.717, 1.165) is 0 Å². The Morgan fingerprint density at radius 3 is 2.04 bits per heavy atom. The van der Waals surface area contributed by atoms with Crippen LogP contribution in [-0.2, 0) is 10.7 Å². The molecule has 24 heavy (non-hydrogen) atoms. The lowest BCUT2D eigenvalue weighted by Gasteiger charge is -2.29. The number of hydrogen-bond acceptors (Lipinski definition) is 3. The lowest BCUT2D eigenvalue weighted by atomic mass is 9.78. The second-order valence-electron chi connectivity index (χ2n) is 4.56. The summed E-state index contributed by atoms with van der Waals surface area (Å²) in [6, 6.07) is 0.929. The molecule has 0 aliphatic rings. The fourth-order valence-corrected chi connectivity index (χ4v) is 1.61. The molecule has 0 bridgehead atoms. The predicted octanol–water partition coefficient (Wildman–Crippen LogP) is 1.78. The van der Waals surface area contributed by atoms with Crippen molar-refractivity contribution in [2.24, 2.45) is 0 Å². The molecule has 1 aromatic carbocycles. The van der Waals surface area contributed by atoms with E-state index < -0.39 is 47.8 Å². The summed E-state index contributed by atoms with van der Waals surface area (Å²) in [6.07, 6.45) is -5.89. The Morgan fingerprint density at radius 1 is 1.08 bits per heavy atom. The number of alkyl halides is 7. The SMILES string of the molecule is C=CC(=O)Nc1cc(B(O)O)cc(C(F)(F)C(F)(F)C(F)(F)F)c1. The molecular formula is C12H9BF7NO3. The second kappa shape index (κ2) is 6.44. The van der Waals surface area contributed by atoms with Crippen molar-refractivity contribution in [2.45, 2.75) is 18.0 Å². The number of carbonyl (C=O) groups excluding carboxylic acids is 1. The van der Waals surface area contributed by atoms with Gasteiger partial charge in [0.1, 0.15) is 0 Å². The average molecular weight is 359 g/mol. The first-order chi connectivity index (χ1) is 10.7. The lowest BCUT2D eigenvalue weighted by Crippen LogP contribution is -2.50. The molecule has 4 nitrogen and oxygen atoms in total. The fraction of sp³-hybridized carbons (Fsp3) is 0.250. The van der Waals surface area contributed by atoms with E-state index in [4.69, 9.17) is 10.0 Å². The van der Waals surface area contributed by atoms with Crippen molar-refractivity contribution < 1.29 is 45.6 Å². The van der Waals surface area contributed by atoms with Gasteiger partial charge < -0.3 is 15.4 Å². The molecular weight excluding hydrogens is 350 g/mol. The van der Waals surface area contributed by atoms with Crippen LogP contribution in [0.2, 0.25) is 0 Å². The first kappa shape index (κ1) is 20.0. The molecule has 1 rings (SSSR count). The van der Waals surface area contributed by atoms with Crippen LogP contribution in [0.15, 0.2) is 30.9 Å². The molecule has 0 aliphatic carbocycles. The van der Waals surface area contributed by atoms with Gasteiger partial charge in [-0.1, -0.05) is 12.6 Å². The molecule has 0 saturated heterocycles. The quantitative estimate of drug-likeness (QED) is 0.427. The van der Waals surface area contributed by atoms with Gasteiger partial charge in [0.25, 0.3) is 0 Å². The van der Waals surface area contributed by atoms with Crippen LogP contribution in [0.5, 0.6) is 0 Å². The van der Waals surface area contributed by atoms with Crippen molar-refractivity contribution in [1.29, 1.82) is 0 Å². The van der Waals surface area contributed by atoms with E-state index in [1.165, 1.54) is 0 Å². The van der Waals surface area contributed by atoms with Gasteiger partial charge in [0, 0.05) is 11.3 Å². The monoisotopic (exact) mass is 359 g/mol. The molecule has 0 radical (unpaired) electrons. The normalized spacial score (nSPS) is 12.7. The van der Waals surface area contributed by atoms with Gasteiger partial charge in [-0.3, -0.25) is 4.79 Å². The summed E-state index contributed by atoms with van der Waals surface area (Å²) < 4.78 is 90.3. The number of benzene rings is 1. The molecule has 0 heterocycles. The van der Waals surface area contributed by atoms with Gasteiger partial charge in [0.05, 0.1) is 0 Å². The van der Waals surface area contributed by atoms with E-state index in [9.17, 15) is 35.5 Å². The van der Waals surface area contributed by atoms with Crippen molar-refractivity contribution in [3.8, 4) is 0 Å². The number of hydrogen-bond donors (Lipinski definition) is 3. The van der Waals surface area contributed by atoms with Gasteiger partial charge in [-0.15, -0.1) is 0 Å². The van der Waals surface area contributed by atoms with Crippen LogP contribution in [0.4, 0.5) is 36.4 Å². The molecule has 0 unspecified atom stereocenters. The zero-order chi connectivity index (χ0) is 18.9. The number of carbonyl (C=O) groups is 1. The Kier molecular flexibility index (Phi) is 5.36. The molecule has 0 aromatic heterocycles. The van der Waals surface area contributed by atoms with Crippen LogP contribution in [0.25, 0.3) is 0 Å². The van der Waals surface area contributed by atoms with Crippen LogP contribution in [-0.4, -0.2) is 35.2 Å². The summed E-state index contributed by atoms with van der Waals surface area (Å²) in [6.45, 7) is 3.03. The third-order valence-corrected chi connectivity index (χ3v) is 2.82. The van der Waals surface area contributed by atoms with Gasteiger partial charge in [-0.05, 0) is 23.7 Å². The third kappa shape index (κ3) is 3.70. The first-order valence-electron chi connectivity index (χ1n) is 6.01.